The summed E-state index contributed by atoms with van der Waals surface area (Å²) in [7, 11) is 0. The molecule has 0 radical (unpaired) electrons. The molecule has 2 N–H and O–H groups in total. The minimum atomic E-state index is -1.02. The molecule has 0 heterocycles. The van der Waals surface area contributed by atoms with Crippen molar-refractivity contribution in [2.75, 3.05) is 5.73 Å². The van der Waals surface area contributed by atoms with Gasteiger partial charge in [-0.1, -0.05) is 29.3 Å². The second-order valence-electron chi connectivity index (χ2n) is 5.27. The summed E-state index contributed by atoms with van der Waals surface area (Å²) in [5.74, 6) is -3.89. The van der Waals surface area contributed by atoms with Gasteiger partial charge in [-0.05, 0) is 47.5 Å². The monoisotopic (exact) mass is 385 g/mol. The summed E-state index contributed by atoms with van der Waals surface area (Å²) in [4.78, 5) is 0. The summed E-state index contributed by atoms with van der Waals surface area (Å²) in [6, 6.07) is 7.37. The van der Waals surface area contributed by atoms with Crippen molar-refractivity contribution in [1.29, 1.82) is 0 Å². The van der Waals surface area contributed by atoms with Crippen LogP contribution in [0.5, 0.6) is 0 Å². The third-order valence-corrected chi connectivity index (χ3v) is 4.29. The molecule has 3 rings (SSSR count). The Kier molecular flexibility index (Phi) is 4.62. The molecule has 0 saturated carbocycles. The molecule has 0 amide bonds. The molecule has 0 fully saturated rings. The molecule has 128 valence electrons. The molecule has 3 aromatic carbocycles. The average molecular weight is 386 g/mol. The minimum absolute atomic E-state index is 0.0329. The van der Waals surface area contributed by atoms with E-state index in [-0.39, 0.29) is 26.9 Å². The van der Waals surface area contributed by atoms with E-state index in [1.165, 1.54) is 12.1 Å². The molecule has 3 aromatic rings. The van der Waals surface area contributed by atoms with Crippen LogP contribution in [-0.2, 0) is 0 Å². The standard InChI is InChI=1S/C18H9Cl2F4N/c19-10-4-8(5-11(20)18(10)25)17-14(23)6-9(7-15(17)24)16-12(21)2-1-3-13(16)22/h1-7H,25H2. The third-order valence-electron chi connectivity index (χ3n) is 3.66. The lowest BCUT2D eigenvalue weighted by Gasteiger charge is -2.12. The van der Waals surface area contributed by atoms with Gasteiger partial charge in [0.2, 0.25) is 0 Å². The van der Waals surface area contributed by atoms with Crippen molar-refractivity contribution in [3.8, 4) is 22.3 Å². The summed E-state index contributed by atoms with van der Waals surface area (Å²) >= 11 is 11.8. The number of hydrogen-bond acceptors (Lipinski definition) is 1. The van der Waals surface area contributed by atoms with Gasteiger partial charge in [0.15, 0.2) is 0 Å². The molecular formula is C18H9Cl2F4N. The zero-order chi connectivity index (χ0) is 18.3. The topological polar surface area (TPSA) is 26.0 Å². The maximum atomic E-state index is 14.5. The van der Waals surface area contributed by atoms with Gasteiger partial charge in [-0.2, -0.15) is 0 Å². The molecule has 0 saturated heterocycles. The first-order valence-electron chi connectivity index (χ1n) is 6.98. The van der Waals surface area contributed by atoms with E-state index in [2.05, 4.69) is 0 Å². The Morgan fingerprint density at radius 1 is 0.640 bits per heavy atom. The van der Waals surface area contributed by atoms with Crippen LogP contribution in [0.2, 0.25) is 10.0 Å². The highest BCUT2D eigenvalue weighted by Gasteiger charge is 2.19. The fourth-order valence-electron chi connectivity index (χ4n) is 2.50. The quantitative estimate of drug-likeness (QED) is 0.397. The maximum Gasteiger partial charge on any atom is 0.134 e. The van der Waals surface area contributed by atoms with E-state index in [0.717, 1.165) is 30.3 Å². The van der Waals surface area contributed by atoms with Gasteiger partial charge < -0.3 is 5.73 Å². The van der Waals surface area contributed by atoms with Gasteiger partial charge in [-0.15, -0.1) is 0 Å². The highest BCUT2D eigenvalue weighted by atomic mass is 35.5. The number of anilines is 1. The molecule has 7 heteroatoms. The SMILES string of the molecule is Nc1c(Cl)cc(-c2c(F)cc(-c3c(F)cccc3F)cc2F)cc1Cl. The first kappa shape index (κ1) is 17.6. The molecule has 0 spiro atoms. The minimum Gasteiger partial charge on any atom is -0.396 e. The van der Waals surface area contributed by atoms with E-state index in [1.807, 2.05) is 0 Å². The van der Waals surface area contributed by atoms with Crippen LogP contribution in [0.4, 0.5) is 23.2 Å². The molecule has 0 bridgehead atoms. The van der Waals surface area contributed by atoms with Crippen LogP contribution in [0.15, 0.2) is 42.5 Å². The van der Waals surface area contributed by atoms with E-state index in [1.54, 1.807) is 0 Å². The van der Waals surface area contributed by atoms with Gasteiger partial charge in [0.05, 0.1) is 26.9 Å². The van der Waals surface area contributed by atoms with E-state index in [9.17, 15) is 17.6 Å². The summed E-state index contributed by atoms with van der Waals surface area (Å²) < 4.78 is 56.7. The molecule has 1 nitrogen and oxygen atoms in total. The lowest BCUT2D eigenvalue weighted by atomic mass is 9.98. The van der Waals surface area contributed by atoms with Crippen molar-refractivity contribution >= 4 is 28.9 Å². The van der Waals surface area contributed by atoms with Crippen molar-refractivity contribution in [3.63, 3.8) is 0 Å². The van der Waals surface area contributed by atoms with Gasteiger partial charge in [0.1, 0.15) is 23.3 Å². The normalized spacial score (nSPS) is 11.0. The molecular weight excluding hydrogens is 377 g/mol. The smallest absolute Gasteiger partial charge is 0.134 e. The van der Waals surface area contributed by atoms with Gasteiger partial charge in [-0.25, -0.2) is 17.6 Å². The van der Waals surface area contributed by atoms with Crippen LogP contribution in [0.25, 0.3) is 22.3 Å². The fraction of sp³-hybridized carbons (Fsp3) is 0. The number of rotatable bonds is 2. The zero-order valence-corrected chi connectivity index (χ0v) is 13.9. The Balaban J connectivity index is 2.20. The number of halogens is 6. The second-order valence-corrected chi connectivity index (χ2v) is 6.08. The Morgan fingerprint density at radius 2 is 1.04 bits per heavy atom. The summed E-state index contributed by atoms with van der Waals surface area (Å²) in [5, 5.41) is 0.0658. The lowest BCUT2D eigenvalue weighted by Crippen LogP contribution is -1.97. The largest absolute Gasteiger partial charge is 0.396 e. The zero-order valence-electron chi connectivity index (χ0n) is 12.4. The predicted molar refractivity (Wildman–Crippen MR) is 91.6 cm³/mol. The van der Waals surface area contributed by atoms with E-state index < -0.39 is 34.4 Å². The summed E-state index contributed by atoms with van der Waals surface area (Å²) in [5.41, 5.74) is 4.54. The lowest BCUT2D eigenvalue weighted by molar-refractivity contribution is 0.582. The van der Waals surface area contributed by atoms with Gasteiger partial charge in [0, 0.05) is 0 Å². The Bertz CT molecular complexity index is 923. The molecule has 0 atom stereocenters. The van der Waals surface area contributed by atoms with Crippen molar-refractivity contribution < 1.29 is 17.6 Å². The van der Waals surface area contributed by atoms with Crippen LogP contribution >= 0.6 is 23.2 Å². The van der Waals surface area contributed by atoms with Gasteiger partial charge in [-0.3, -0.25) is 0 Å². The molecule has 25 heavy (non-hydrogen) atoms. The molecule has 0 aromatic heterocycles. The van der Waals surface area contributed by atoms with Crippen molar-refractivity contribution in [1.82, 2.24) is 0 Å². The van der Waals surface area contributed by atoms with Crippen molar-refractivity contribution in [2.24, 2.45) is 0 Å². The van der Waals surface area contributed by atoms with Crippen LogP contribution in [0.1, 0.15) is 0 Å². The first-order valence-corrected chi connectivity index (χ1v) is 7.73. The number of nitrogens with two attached hydrogens (primary N) is 1. The number of nitrogen functional groups attached to an aromatic ring is 1. The van der Waals surface area contributed by atoms with E-state index in [0.29, 0.717) is 0 Å². The van der Waals surface area contributed by atoms with Crippen LogP contribution in [0.3, 0.4) is 0 Å². The van der Waals surface area contributed by atoms with E-state index >= 15 is 0 Å². The van der Waals surface area contributed by atoms with Crippen molar-refractivity contribution in [3.05, 3.63) is 75.8 Å². The molecule has 0 unspecified atom stereocenters. The first-order chi connectivity index (χ1) is 11.8. The van der Waals surface area contributed by atoms with Gasteiger partial charge in [0.25, 0.3) is 0 Å². The average Bonchev–Trinajstić information content (AvgIpc) is 2.51. The number of hydrogen-bond donors (Lipinski definition) is 1. The summed E-state index contributed by atoms with van der Waals surface area (Å²) in [6.45, 7) is 0. The summed E-state index contributed by atoms with van der Waals surface area (Å²) in [6.07, 6.45) is 0. The number of benzene rings is 3. The second kappa shape index (κ2) is 6.58. The Hall–Kier alpha value is -2.24. The van der Waals surface area contributed by atoms with E-state index in [4.69, 9.17) is 28.9 Å². The highest BCUT2D eigenvalue weighted by Crippen LogP contribution is 2.37. The fourth-order valence-corrected chi connectivity index (χ4v) is 2.98. The highest BCUT2D eigenvalue weighted by molar-refractivity contribution is 6.39. The molecule has 0 aliphatic rings. The van der Waals surface area contributed by atoms with Gasteiger partial charge >= 0.3 is 0 Å². The van der Waals surface area contributed by atoms with Crippen LogP contribution in [-0.4, -0.2) is 0 Å². The van der Waals surface area contributed by atoms with Crippen LogP contribution < -0.4 is 5.73 Å². The molecule has 0 aliphatic carbocycles. The Morgan fingerprint density at radius 3 is 1.52 bits per heavy atom. The maximum absolute atomic E-state index is 14.5. The van der Waals surface area contributed by atoms with Crippen molar-refractivity contribution in [2.45, 2.75) is 0 Å². The third kappa shape index (κ3) is 3.17. The predicted octanol–water partition coefficient (Wildman–Crippen LogP) is 6.47. The molecule has 0 aliphatic heterocycles. The Labute approximate surface area is 150 Å². The van der Waals surface area contributed by atoms with Crippen LogP contribution in [0, 0.1) is 23.3 Å².